The quantitative estimate of drug-likeness (QED) is 0.835. The van der Waals surface area contributed by atoms with Gasteiger partial charge in [0.1, 0.15) is 11.7 Å². The smallest absolute Gasteiger partial charge is 0.407 e. The summed E-state index contributed by atoms with van der Waals surface area (Å²) in [6.45, 7) is 5.57. The summed E-state index contributed by atoms with van der Waals surface area (Å²) in [5, 5.41) is 11.1. The Labute approximate surface area is 99.6 Å². The molecular weight excluding hydrogens is 220 g/mol. The van der Waals surface area contributed by atoms with E-state index in [0.29, 0.717) is 5.69 Å². The molecule has 0 atom stereocenters. The molecule has 0 aromatic carbocycles. The molecule has 0 aliphatic carbocycles. The second-order valence-corrected chi connectivity index (χ2v) is 4.36. The van der Waals surface area contributed by atoms with Gasteiger partial charge in [0.25, 0.3) is 0 Å². The van der Waals surface area contributed by atoms with Crippen molar-refractivity contribution in [3.05, 3.63) is 23.8 Å². The van der Waals surface area contributed by atoms with Gasteiger partial charge >= 0.3 is 6.09 Å². The SMILES string of the molecule is CC(C)(C)OC(=O)NCc1cnc(C#N)cn1. The lowest BCUT2D eigenvalue weighted by Gasteiger charge is -2.19. The highest BCUT2D eigenvalue weighted by Crippen LogP contribution is 2.06. The molecular formula is C11H14N4O2. The van der Waals surface area contributed by atoms with Crippen molar-refractivity contribution >= 4 is 6.09 Å². The number of carbonyl (C=O) groups excluding carboxylic acids is 1. The lowest BCUT2D eigenvalue weighted by molar-refractivity contribution is 0.0523. The second-order valence-electron chi connectivity index (χ2n) is 4.36. The van der Waals surface area contributed by atoms with Crippen molar-refractivity contribution in [2.45, 2.75) is 32.9 Å². The summed E-state index contributed by atoms with van der Waals surface area (Å²) in [7, 11) is 0. The Morgan fingerprint density at radius 1 is 1.47 bits per heavy atom. The summed E-state index contributed by atoms with van der Waals surface area (Å²) >= 11 is 0. The van der Waals surface area contributed by atoms with Crippen LogP contribution in [0, 0.1) is 11.3 Å². The molecule has 0 radical (unpaired) electrons. The Kier molecular flexibility index (Phi) is 3.99. The Morgan fingerprint density at radius 2 is 2.18 bits per heavy atom. The number of amides is 1. The van der Waals surface area contributed by atoms with Crippen LogP contribution in [0.1, 0.15) is 32.2 Å². The molecule has 0 saturated heterocycles. The standard InChI is InChI=1S/C11H14N4O2/c1-11(2,3)17-10(16)15-7-9-6-13-8(4-12)5-14-9/h5-6H,7H2,1-3H3,(H,15,16). The van der Waals surface area contributed by atoms with Gasteiger partial charge in [-0.2, -0.15) is 5.26 Å². The van der Waals surface area contributed by atoms with Crippen LogP contribution in [-0.2, 0) is 11.3 Å². The maximum atomic E-state index is 11.3. The average molecular weight is 234 g/mol. The topological polar surface area (TPSA) is 87.9 Å². The molecule has 17 heavy (non-hydrogen) atoms. The van der Waals surface area contributed by atoms with E-state index in [1.165, 1.54) is 12.4 Å². The molecule has 1 amide bonds. The summed E-state index contributed by atoms with van der Waals surface area (Å²) in [5.74, 6) is 0. The number of aromatic nitrogens is 2. The van der Waals surface area contributed by atoms with Gasteiger partial charge in [-0.3, -0.25) is 4.98 Å². The highest BCUT2D eigenvalue weighted by Gasteiger charge is 2.15. The fraction of sp³-hybridized carbons (Fsp3) is 0.455. The summed E-state index contributed by atoms with van der Waals surface area (Å²) in [5.41, 5.74) is 0.279. The van der Waals surface area contributed by atoms with E-state index in [9.17, 15) is 4.79 Å². The van der Waals surface area contributed by atoms with E-state index in [0.717, 1.165) is 0 Å². The number of carbonyl (C=O) groups is 1. The molecule has 0 aliphatic heterocycles. The zero-order chi connectivity index (χ0) is 12.9. The van der Waals surface area contributed by atoms with Crippen LogP contribution in [0.2, 0.25) is 0 Å². The van der Waals surface area contributed by atoms with Gasteiger partial charge in [-0.25, -0.2) is 9.78 Å². The highest BCUT2D eigenvalue weighted by molar-refractivity contribution is 5.67. The van der Waals surface area contributed by atoms with Crippen molar-refractivity contribution < 1.29 is 9.53 Å². The monoisotopic (exact) mass is 234 g/mol. The third-order valence-corrected chi connectivity index (χ3v) is 1.63. The average Bonchev–Trinajstić information content (AvgIpc) is 2.25. The molecule has 6 nitrogen and oxygen atoms in total. The summed E-state index contributed by atoms with van der Waals surface area (Å²) in [4.78, 5) is 19.1. The molecule has 0 aliphatic rings. The van der Waals surface area contributed by atoms with Crippen molar-refractivity contribution in [3.8, 4) is 6.07 Å². The van der Waals surface area contributed by atoms with Gasteiger partial charge in [-0.15, -0.1) is 0 Å². The number of hydrogen-bond acceptors (Lipinski definition) is 5. The van der Waals surface area contributed by atoms with E-state index in [1.807, 2.05) is 6.07 Å². The van der Waals surface area contributed by atoms with Crippen LogP contribution in [0.15, 0.2) is 12.4 Å². The van der Waals surface area contributed by atoms with E-state index >= 15 is 0 Å². The number of nitriles is 1. The number of nitrogens with one attached hydrogen (secondary N) is 1. The fourth-order valence-corrected chi connectivity index (χ4v) is 0.981. The predicted molar refractivity (Wildman–Crippen MR) is 59.8 cm³/mol. The summed E-state index contributed by atoms with van der Waals surface area (Å²) < 4.78 is 5.05. The normalized spacial score (nSPS) is 10.5. The third-order valence-electron chi connectivity index (χ3n) is 1.63. The molecule has 90 valence electrons. The van der Waals surface area contributed by atoms with Crippen LogP contribution in [0.25, 0.3) is 0 Å². The molecule has 1 N–H and O–H groups in total. The number of alkyl carbamates (subject to hydrolysis) is 1. The van der Waals surface area contributed by atoms with Gasteiger partial charge in [0.2, 0.25) is 0 Å². The van der Waals surface area contributed by atoms with E-state index < -0.39 is 11.7 Å². The minimum atomic E-state index is -0.527. The van der Waals surface area contributed by atoms with Gasteiger partial charge in [0.05, 0.1) is 24.6 Å². The number of ether oxygens (including phenoxy) is 1. The molecule has 1 aromatic rings. The third kappa shape index (κ3) is 4.93. The maximum Gasteiger partial charge on any atom is 0.407 e. The van der Waals surface area contributed by atoms with E-state index in [-0.39, 0.29) is 12.2 Å². The number of rotatable bonds is 2. The van der Waals surface area contributed by atoms with E-state index in [1.54, 1.807) is 20.8 Å². The molecule has 1 heterocycles. The molecule has 1 aromatic heterocycles. The van der Waals surface area contributed by atoms with Crippen molar-refractivity contribution in [2.24, 2.45) is 0 Å². The van der Waals surface area contributed by atoms with Crippen molar-refractivity contribution in [1.82, 2.24) is 15.3 Å². The first-order valence-electron chi connectivity index (χ1n) is 5.08. The molecule has 0 spiro atoms. The maximum absolute atomic E-state index is 11.3. The molecule has 0 saturated carbocycles. The Hall–Kier alpha value is -2.16. The molecule has 1 rings (SSSR count). The lowest BCUT2D eigenvalue weighted by Crippen LogP contribution is -2.32. The largest absolute Gasteiger partial charge is 0.444 e. The fourth-order valence-electron chi connectivity index (χ4n) is 0.981. The summed E-state index contributed by atoms with van der Waals surface area (Å²) in [6.07, 6.45) is 2.28. The Balaban J connectivity index is 2.45. The number of hydrogen-bond donors (Lipinski definition) is 1. The van der Waals surface area contributed by atoms with E-state index in [2.05, 4.69) is 15.3 Å². The van der Waals surface area contributed by atoms with Crippen LogP contribution in [0.5, 0.6) is 0 Å². The van der Waals surface area contributed by atoms with Crippen molar-refractivity contribution in [2.75, 3.05) is 0 Å². The highest BCUT2D eigenvalue weighted by atomic mass is 16.6. The minimum absolute atomic E-state index is 0.216. The minimum Gasteiger partial charge on any atom is -0.444 e. The predicted octanol–water partition coefficient (Wildman–Crippen LogP) is 1.37. The van der Waals surface area contributed by atoms with Gasteiger partial charge < -0.3 is 10.1 Å². The van der Waals surface area contributed by atoms with Crippen molar-refractivity contribution in [1.29, 1.82) is 5.26 Å². The van der Waals surface area contributed by atoms with Crippen LogP contribution < -0.4 is 5.32 Å². The van der Waals surface area contributed by atoms with Gasteiger partial charge in [0, 0.05) is 0 Å². The van der Waals surface area contributed by atoms with Gasteiger partial charge in [0.15, 0.2) is 5.69 Å². The lowest BCUT2D eigenvalue weighted by atomic mass is 10.2. The van der Waals surface area contributed by atoms with Crippen LogP contribution in [0.4, 0.5) is 4.79 Å². The van der Waals surface area contributed by atoms with Gasteiger partial charge in [-0.1, -0.05) is 0 Å². The molecule has 0 bridgehead atoms. The van der Waals surface area contributed by atoms with E-state index in [4.69, 9.17) is 10.00 Å². The van der Waals surface area contributed by atoms with Crippen LogP contribution in [0.3, 0.4) is 0 Å². The van der Waals surface area contributed by atoms with Crippen molar-refractivity contribution in [3.63, 3.8) is 0 Å². The second kappa shape index (κ2) is 5.25. The Morgan fingerprint density at radius 3 is 2.65 bits per heavy atom. The molecule has 6 heteroatoms. The Bertz CT molecular complexity index is 428. The molecule has 0 unspecified atom stereocenters. The van der Waals surface area contributed by atoms with Gasteiger partial charge in [-0.05, 0) is 20.8 Å². The zero-order valence-corrected chi connectivity index (χ0v) is 10.0. The number of nitrogens with zero attached hydrogens (tertiary/aromatic N) is 3. The first kappa shape index (κ1) is 12.9. The van der Waals surface area contributed by atoms with Crippen LogP contribution >= 0.6 is 0 Å². The first-order chi connectivity index (χ1) is 7.90. The molecule has 0 fully saturated rings. The summed E-state index contributed by atoms with van der Waals surface area (Å²) in [6, 6.07) is 1.86. The zero-order valence-electron chi connectivity index (χ0n) is 10.0. The van der Waals surface area contributed by atoms with Crippen LogP contribution in [-0.4, -0.2) is 21.7 Å². The first-order valence-corrected chi connectivity index (χ1v) is 5.08.